The highest BCUT2D eigenvalue weighted by Gasteiger charge is 2.33. The molecule has 1 aliphatic rings. The van der Waals surface area contributed by atoms with Gasteiger partial charge in [-0.25, -0.2) is 0 Å². The molecular formula is C19H16F3NO. The van der Waals surface area contributed by atoms with Crippen molar-refractivity contribution in [2.75, 3.05) is 4.90 Å². The Bertz CT molecular complexity index is 806. The van der Waals surface area contributed by atoms with Gasteiger partial charge in [0.2, 0.25) is 0 Å². The van der Waals surface area contributed by atoms with Gasteiger partial charge in [-0.05, 0) is 61.9 Å². The lowest BCUT2D eigenvalue weighted by Crippen LogP contribution is -2.23. The fourth-order valence-electron chi connectivity index (χ4n) is 3.21. The topological polar surface area (TPSA) is 20.3 Å². The molecule has 1 atom stereocenters. The largest absolute Gasteiger partial charge is 0.416 e. The molecule has 0 N–H and O–H groups in total. The summed E-state index contributed by atoms with van der Waals surface area (Å²) in [6, 6.07) is 10.5. The molecule has 0 radical (unpaired) electrons. The van der Waals surface area contributed by atoms with Crippen LogP contribution in [0.4, 0.5) is 24.5 Å². The van der Waals surface area contributed by atoms with Crippen molar-refractivity contribution in [1.29, 1.82) is 0 Å². The predicted octanol–water partition coefficient (Wildman–Crippen LogP) is 5.46. The summed E-state index contributed by atoms with van der Waals surface area (Å²) in [6.07, 6.45) is -1.58. The summed E-state index contributed by atoms with van der Waals surface area (Å²) in [6.45, 7) is 3.91. The average Bonchev–Trinajstić information content (AvgIpc) is 2.84. The first-order valence-electron chi connectivity index (χ1n) is 7.59. The zero-order valence-corrected chi connectivity index (χ0v) is 13.3. The summed E-state index contributed by atoms with van der Waals surface area (Å²) in [5, 5.41) is 0. The van der Waals surface area contributed by atoms with Crippen LogP contribution >= 0.6 is 0 Å². The van der Waals surface area contributed by atoms with Gasteiger partial charge < -0.3 is 4.90 Å². The number of benzene rings is 2. The van der Waals surface area contributed by atoms with Crippen molar-refractivity contribution in [2.45, 2.75) is 26.1 Å². The minimum Gasteiger partial charge on any atom is -0.334 e. The monoisotopic (exact) mass is 331 g/mol. The minimum absolute atomic E-state index is 0.0244. The van der Waals surface area contributed by atoms with Crippen LogP contribution in [0.3, 0.4) is 0 Å². The lowest BCUT2D eigenvalue weighted by atomic mass is 10.0. The zero-order chi connectivity index (χ0) is 17.5. The summed E-state index contributed by atoms with van der Waals surface area (Å²) < 4.78 is 38.3. The summed E-state index contributed by atoms with van der Waals surface area (Å²) in [5.41, 5.74) is 3.48. The number of allylic oxidation sites excluding steroid dienone is 1. The fraction of sp³-hybridized carbons (Fsp3) is 0.211. The van der Waals surface area contributed by atoms with Crippen LogP contribution in [0.15, 0.2) is 48.5 Å². The SMILES string of the molecule is C/C=C1/c2cc(C=O)ccc2N(c2ccc(C(F)(F)F)cc2)C1C. The molecule has 24 heavy (non-hydrogen) atoms. The zero-order valence-electron chi connectivity index (χ0n) is 13.3. The normalized spacial score (nSPS) is 18.8. The quantitative estimate of drug-likeness (QED) is 0.681. The van der Waals surface area contributed by atoms with Crippen molar-refractivity contribution in [2.24, 2.45) is 0 Å². The molecule has 0 saturated heterocycles. The predicted molar refractivity (Wildman–Crippen MR) is 88.5 cm³/mol. The number of carbonyl (C=O) groups excluding carboxylic acids is 1. The van der Waals surface area contributed by atoms with Crippen LogP contribution in [-0.4, -0.2) is 12.3 Å². The highest BCUT2D eigenvalue weighted by molar-refractivity contribution is 5.94. The van der Waals surface area contributed by atoms with Crippen molar-refractivity contribution in [3.05, 3.63) is 65.2 Å². The Hall–Kier alpha value is -2.56. The van der Waals surface area contributed by atoms with Crippen LogP contribution < -0.4 is 4.90 Å². The number of halogens is 3. The second-order valence-corrected chi connectivity index (χ2v) is 5.73. The molecule has 1 heterocycles. The molecule has 0 amide bonds. The van der Waals surface area contributed by atoms with E-state index in [2.05, 4.69) is 0 Å². The van der Waals surface area contributed by atoms with Gasteiger partial charge in [-0.3, -0.25) is 4.79 Å². The Morgan fingerprint density at radius 3 is 2.29 bits per heavy atom. The van der Waals surface area contributed by atoms with Crippen molar-refractivity contribution in [3.63, 3.8) is 0 Å². The first-order valence-corrected chi connectivity index (χ1v) is 7.59. The fourth-order valence-corrected chi connectivity index (χ4v) is 3.21. The molecule has 2 aromatic rings. The van der Waals surface area contributed by atoms with E-state index in [0.717, 1.165) is 35.2 Å². The van der Waals surface area contributed by atoms with Gasteiger partial charge in [0.25, 0.3) is 0 Å². The van der Waals surface area contributed by atoms with Crippen LogP contribution in [0, 0.1) is 0 Å². The molecule has 5 heteroatoms. The van der Waals surface area contributed by atoms with Gasteiger partial charge in [0, 0.05) is 22.5 Å². The molecule has 0 aliphatic carbocycles. The molecule has 0 aromatic heterocycles. The average molecular weight is 331 g/mol. The van der Waals surface area contributed by atoms with Crippen LogP contribution in [0.1, 0.15) is 35.3 Å². The molecule has 3 rings (SSSR count). The lowest BCUT2D eigenvalue weighted by molar-refractivity contribution is -0.137. The smallest absolute Gasteiger partial charge is 0.334 e. The molecule has 0 fully saturated rings. The number of anilines is 2. The summed E-state index contributed by atoms with van der Waals surface area (Å²) >= 11 is 0. The Labute approximate surface area is 138 Å². The Morgan fingerprint density at radius 2 is 1.75 bits per heavy atom. The minimum atomic E-state index is -4.35. The standard InChI is InChI=1S/C19H16F3NO/c1-3-16-12(2)23(18-9-4-13(11-24)10-17(16)18)15-7-5-14(6-8-15)19(20,21)22/h3-12H,1-2H3/b16-3+. The summed E-state index contributed by atoms with van der Waals surface area (Å²) in [4.78, 5) is 13.0. The van der Waals surface area contributed by atoms with E-state index in [-0.39, 0.29) is 6.04 Å². The maximum Gasteiger partial charge on any atom is 0.416 e. The van der Waals surface area contributed by atoms with Crippen molar-refractivity contribution < 1.29 is 18.0 Å². The third-order valence-corrected chi connectivity index (χ3v) is 4.35. The molecule has 1 aliphatic heterocycles. The number of fused-ring (bicyclic) bond motifs is 1. The Kier molecular flexibility index (Phi) is 3.95. The number of hydrogen-bond donors (Lipinski definition) is 0. The molecule has 0 spiro atoms. The number of carbonyl (C=O) groups is 1. The van der Waals surface area contributed by atoms with E-state index in [9.17, 15) is 18.0 Å². The first-order chi connectivity index (χ1) is 11.4. The van der Waals surface area contributed by atoms with E-state index in [0.29, 0.717) is 11.3 Å². The molecule has 2 nitrogen and oxygen atoms in total. The maximum atomic E-state index is 12.8. The van der Waals surface area contributed by atoms with E-state index < -0.39 is 11.7 Å². The van der Waals surface area contributed by atoms with Gasteiger partial charge >= 0.3 is 6.18 Å². The maximum absolute atomic E-state index is 12.8. The molecule has 0 bridgehead atoms. The van der Waals surface area contributed by atoms with E-state index in [1.54, 1.807) is 6.07 Å². The number of aldehydes is 1. The van der Waals surface area contributed by atoms with E-state index in [4.69, 9.17) is 0 Å². The van der Waals surface area contributed by atoms with Crippen molar-refractivity contribution >= 4 is 23.2 Å². The van der Waals surface area contributed by atoms with Gasteiger partial charge in [0.05, 0.1) is 11.6 Å². The van der Waals surface area contributed by atoms with Gasteiger partial charge in [0.15, 0.2) is 0 Å². The number of rotatable bonds is 2. The summed E-state index contributed by atoms with van der Waals surface area (Å²) in [7, 11) is 0. The molecule has 124 valence electrons. The van der Waals surface area contributed by atoms with Gasteiger partial charge in [0.1, 0.15) is 6.29 Å². The molecule has 2 aromatic carbocycles. The van der Waals surface area contributed by atoms with Crippen molar-refractivity contribution in [1.82, 2.24) is 0 Å². The molecular weight excluding hydrogens is 315 g/mol. The van der Waals surface area contributed by atoms with Crippen LogP contribution in [-0.2, 0) is 6.18 Å². The first kappa shape index (κ1) is 16.3. The molecule has 1 unspecified atom stereocenters. The van der Waals surface area contributed by atoms with E-state index in [1.807, 2.05) is 37.0 Å². The highest BCUT2D eigenvalue weighted by atomic mass is 19.4. The Balaban J connectivity index is 2.08. The highest BCUT2D eigenvalue weighted by Crippen LogP contribution is 2.45. The number of hydrogen-bond acceptors (Lipinski definition) is 2. The van der Waals surface area contributed by atoms with Gasteiger partial charge in [-0.2, -0.15) is 13.2 Å². The number of alkyl halides is 3. The van der Waals surface area contributed by atoms with Crippen LogP contribution in [0.2, 0.25) is 0 Å². The Morgan fingerprint density at radius 1 is 1.08 bits per heavy atom. The number of nitrogens with zero attached hydrogens (tertiary/aromatic N) is 1. The molecule has 0 saturated carbocycles. The third-order valence-electron chi connectivity index (χ3n) is 4.35. The second kappa shape index (κ2) is 5.82. The van der Waals surface area contributed by atoms with Crippen LogP contribution in [0.25, 0.3) is 5.57 Å². The van der Waals surface area contributed by atoms with Gasteiger partial charge in [-0.1, -0.05) is 6.08 Å². The third kappa shape index (κ3) is 2.60. The van der Waals surface area contributed by atoms with Gasteiger partial charge in [-0.15, -0.1) is 0 Å². The lowest BCUT2D eigenvalue weighted by Gasteiger charge is -2.25. The van der Waals surface area contributed by atoms with Crippen LogP contribution in [0.5, 0.6) is 0 Å². The van der Waals surface area contributed by atoms with Crippen molar-refractivity contribution in [3.8, 4) is 0 Å². The summed E-state index contributed by atoms with van der Waals surface area (Å²) in [5.74, 6) is 0. The second-order valence-electron chi connectivity index (χ2n) is 5.73. The van der Waals surface area contributed by atoms with E-state index in [1.165, 1.54) is 12.1 Å². The van der Waals surface area contributed by atoms with E-state index >= 15 is 0 Å².